The van der Waals surface area contributed by atoms with Gasteiger partial charge < -0.3 is 11.1 Å². The number of amides is 2. The summed E-state index contributed by atoms with van der Waals surface area (Å²) >= 11 is 0. The third-order valence-electron chi connectivity index (χ3n) is 2.60. The maximum absolute atomic E-state index is 13.4. The average Bonchev–Trinajstić information content (AvgIpc) is 2.39. The number of carbonyl (C=O) groups is 2. The molecule has 0 spiro atoms. The molecule has 0 atom stereocenters. The first-order chi connectivity index (χ1) is 9.47. The van der Waals surface area contributed by atoms with Crippen molar-refractivity contribution in [3.05, 3.63) is 65.2 Å². The minimum Gasteiger partial charge on any atom is -0.366 e. The number of hydrogen-bond acceptors (Lipinski definition) is 2. The van der Waals surface area contributed by atoms with Crippen LogP contribution < -0.4 is 11.1 Å². The minimum atomic E-state index is -0.948. The van der Waals surface area contributed by atoms with E-state index in [0.29, 0.717) is 11.8 Å². The van der Waals surface area contributed by atoms with Gasteiger partial charge in [-0.2, -0.15) is 0 Å². The summed E-state index contributed by atoms with van der Waals surface area (Å²) in [5.74, 6) is -3.01. The van der Waals surface area contributed by atoms with E-state index >= 15 is 0 Å². The summed E-state index contributed by atoms with van der Waals surface area (Å²) in [7, 11) is 0. The highest BCUT2D eigenvalue weighted by molar-refractivity contribution is 6.04. The van der Waals surface area contributed by atoms with E-state index in [1.54, 1.807) is 0 Å². The molecule has 0 fully saturated rings. The molecule has 0 unspecified atom stereocenters. The standard InChI is InChI=1S/C14H10F2N2O2/c15-9-3-6-11(12(16)7-9)14(20)18-10-4-1-8(2-5-10)13(17)19/h1-7H,(H2,17,19)(H,18,20). The number of hydrogen-bond donors (Lipinski definition) is 2. The topological polar surface area (TPSA) is 72.2 Å². The highest BCUT2D eigenvalue weighted by Crippen LogP contribution is 2.14. The zero-order chi connectivity index (χ0) is 14.7. The lowest BCUT2D eigenvalue weighted by Gasteiger charge is -2.06. The van der Waals surface area contributed by atoms with Crippen LogP contribution in [0.15, 0.2) is 42.5 Å². The van der Waals surface area contributed by atoms with Gasteiger partial charge in [-0.1, -0.05) is 0 Å². The van der Waals surface area contributed by atoms with Crippen LogP contribution in [0.1, 0.15) is 20.7 Å². The number of benzene rings is 2. The number of anilines is 1. The first-order valence-electron chi connectivity index (χ1n) is 5.63. The van der Waals surface area contributed by atoms with Crippen LogP contribution in [0.25, 0.3) is 0 Å². The van der Waals surface area contributed by atoms with Gasteiger partial charge >= 0.3 is 0 Å². The monoisotopic (exact) mass is 276 g/mol. The Morgan fingerprint density at radius 1 is 1.00 bits per heavy atom. The molecule has 0 aromatic heterocycles. The van der Waals surface area contributed by atoms with Gasteiger partial charge in [0.05, 0.1) is 5.56 Å². The minimum absolute atomic E-state index is 0.273. The highest BCUT2D eigenvalue weighted by atomic mass is 19.1. The summed E-state index contributed by atoms with van der Waals surface area (Å²) in [6.45, 7) is 0. The van der Waals surface area contributed by atoms with Gasteiger partial charge in [-0.15, -0.1) is 0 Å². The number of carbonyl (C=O) groups excluding carboxylic acids is 2. The quantitative estimate of drug-likeness (QED) is 0.903. The number of nitrogens with two attached hydrogens (primary N) is 1. The number of nitrogens with one attached hydrogen (secondary N) is 1. The maximum Gasteiger partial charge on any atom is 0.258 e. The zero-order valence-electron chi connectivity index (χ0n) is 10.2. The number of halogens is 2. The molecule has 0 radical (unpaired) electrons. The molecular formula is C14H10F2N2O2. The van der Waals surface area contributed by atoms with E-state index in [1.807, 2.05) is 0 Å². The van der Waals surface area contributed by atoms with Gasteiger partial charge in [-0.05, 0) is 36.4 Å². The van der Waals surface area contributed by atoms with Crippen molar-refractivity contribution in [1.29, 1.82) is 0 Å². The van der Waals surface area contributed by atoms with E-state index in [1.165, 1.54) is 24.3 Å². The summed E-state index contributed by atoms with van der Waals surface area (Å²) in [4.78, 5) is 22.7. The Kier molecular flexibility index (Phi) is 3.74. The fourth-order valence-electron chi connectivity index (χ4n) is 1.59. The van der Waals surface area contributed by atoms with Crippen LogP contribution in [0.2, 0.25) is 0 Å². The summed E-state index contributed by atoms with van der Waals surface area (Å²) in [6.07, 6.45) is 0. The van der Waals surface area contributed by atoms with Crippen LogP contribution in [-0.4, -0.2) is 11.8 Å². The molecule has 6 heteroatoms. The van der Waals surface area contributed by atoms with Gasteiger partial charge in [-0.25, -0.2) is 8.78 Å². The molecule has 2 aromatic rings. The van der Waals surface area contributed by atoms with E-state index in [2.05, 4.69) is 5.32 Å². The lowest BCUT2D eigenvalue weighted by atomic mass is 10.1. The summed E-state index contributed by atoms with van der Waals surface area (Å²) in [5, 5.41) is 2.43. The summed E-state index contributed by atoms with van der Waals surface area (Å²) in [5.41, 5.74) is 5.46. The largest absolute Gasteiger partial charge is 0.366 e. The predicted octanol–water partition coefficient (Wildman–Crippen LogP) is 2.32. The Labute approximate surface area is 113 Å². The third kappa shape index (κ3) is 2.97. The van der Waals surface area contributed by atoms with Crippen molar-refractivity contribution < 1.29 is 18.4 Å². The Morgan fingerprint density at radius 3 is 2.20 bits per heavy atom. The first-order valence-corrected chi connectivity index (χ1v) is 5.63. The second kappa shape index (κ2) is 5.48. The van der Waals surface area contributed by atoms with Crippen molar-refractivity contribution in [1.82, 2.24) is 0 Å². The lowest BCUT2D eigenvalue weighted by Crippen LogP contribution is -2.14. The Hall–Kier alpha value is -2.76. The molecule has 102 valence electrons. The molecule has 0 saturated heterocycles. The summed E-state index contributed by atoms with van der Waals surface area (Å²) in [6, 6.07) is 8.45. The molecule has 0 aliphatic rings. The molecule has 2 amide bonds. The SMILES string of the molecule is NC(=O)c1ccc(NC(=O)c2ccc(F)cc2F)cc1. The zero-order valence-corrected chi connectivity index (χ0v) is 10.2. The van der Waals surface area contributed by atoms with Crippen molar-refractivity contribution in [3.8, 4) is 0 Å². The van der Waals surface area contributed by atoms with Crippen molar-refractivity contribution in [2.45, 2.75) is 0 Å². The molecule has 0 heterocycles. The molecule has 2 rings (SSSR count). The Bertz CT molecular complexity index is 669. The molecule has 0 aliphatic heterocycles. The van der Waals surface area contributed by atoms with Crippen LogP contribution in [0.3, 0.4) is 0 Å². The maximum atomic E-state index is 13.4. The van der Waals surface area contributed by atoms with Gasteiger partial charge in [-0.3, -0.25) is 9.59 Å². The van der Waals surface area contributed by atoms with Gasteiger partial charge in [0.15, 0.2) is 0 Å². The number of primary amides is 1. The molecule has 0 aliphatic carbocycles. The lowest BCUT2D eigenvalue weighted by molar-refractivity contribution is 0.0997. The fraction of sp³-hybridized carbons (Fsp3) is 0. The second-order valence-electron chi connectivity index (χ2n) is 4.02. The van der Waals surface area contributed by atoms with Crippen LogP contribution in [0, 0.1) is 11.6 Å². The normalized spacial score (nSPS) is 10.1. The van der Waals surface area contributed by atoms with Crippen LogP contribution in [0.4, 0.5) is 14.5 Å². The molecule has 2 aromatic carbocycles. The van der Waals surface area contributed by atoms with Gasteiger partial charge in [0, 0.05) is 17.3 Å². The van der Waals surface area contributed by atoms with Crippen molar-refractivity contribution in [3.63, 3.8) is 0 Å². The highest BCUT2D eigenvalue weighted by Gasteiger charge is 2.12. The van der Waals surface area contributed by atoms with E-state index < -0.39 is 23.4 Å². The third-order valence-corrected chi connectivity index (χ3v) is 2.60. The van der Waals surface area contributed by atoms with E-state index in [0.717, 1.165) is 12.1 Å². The second-order valence-corrected chi connectivity index (χ2v) is 4.02. The molecule has 3 N–H and O–H groups in total. The average molecular weight is 276 g/mol. The van der Waals surface area contributed by atoms with Crippen molar-refractivity contribution in [2.75, 3.05) is 5.32 Å². The van der Waals surface area contributed by atoms with Crippen molar-refractivity contribution >= 4 is 17.5 Å². The molecule has 4 nitrogen and oxygen atoms in total. The van der Waals surface area contributed by atoms with E-state index in [9.17, 15) is 18.4 Å². The fourth-order valence-corrected chi connectivity index (χ4v) is 1.59. The Balaban J connectivity index is 2.17. The Morgan fingerprint density at radius 2 is 1.65 bits per heavy atom. The molecule has 0 bridgehead atoms. The molecule has 0 saturated carbocycles. The van der Waals surface area contributed by atoms with E-state index in [-0.39, 0.29) is 11.1 Å². The predicted molar refractivity (Wildman–Crippen MR) is 69.3 cm³/mol. The van der Waals surface area contributed by atoms with Gasteiger partial charge in [0.1, 0.15) is 11.6 Å². The van der Waals surface area contributed by atoms with E-state index in [4.69, 9.17) is 5.73 Å². The van der Waals surface area contributed by atoms with Gasteiger partial charge in [0.25, 0.3) is 5.91 Å². The molecule has 20 heavy (non-hydrogen) atoms. The smallest absolute Gasteiger partial charge is 0.258 e. The first kappa shape index (κ1) is 13.7. The summed E-state index contributed by atoms with van der Waals surface area (Å²) < 4.78 is 26.2. The molecular weight excluding hydrogens is 266 g/mol. The van der Waals surface area contributed by atoms with Crippen molar-refractivity contribution in [2.24, 2.45) is 5.73 Å². The van der Waals surface area contributed by atoms with Gasteiger partial charge in [0.2, 0.25) is 5.91 Å². The van der Waals surface area contributed by atoms with Crippen LogP contribution in [0.5, 0.6) is 0 Å². The van der Waals surface area contributed by atoms with Crippen LogP contribution in [-0.2, 0) is 0 Å². The van der Waals surface area contributed by atoms with Crippen LogP contribution >= 0.6 is 0 Å². The number of rotatable bonds is 3.